The average Bonchev–Trinajstić information content (AvgIpc) is 2.51. The number of carbonyl (C=O) groups is 2. The van der Waals surface area contributed by atoms with Gasteiger partial charge in [-0.1, -0.05) is 0 Å². The number of hydrogen-bond donors (Lipinski definition) is 1. The first-order valence-electron chi connectivity index (χ1n) is 6.27. The first kappa shape index (κ1) is 17.4. The van der Waals surface area contributed by atoms with Crippen LogP contribution >= 0.6 is 0 Å². The van der Waals surface area contributed by atoms with Crippen molar-refractivity contribution in [1.29, 1.82) is 0 Å². The Bertz CT molecular complexity index is 565. The molecular formula is C15H18O7. The van der Waals surface area contributed by atoms with E-state index in [0.717, 1.165) is 0 Å². The first-order chi connectivity index (χ1) is 10.5. The summed E-state index contributed by atoms with van der Waals surface area (Å²) in [6.45, 7) is 0. The van der Waals surface area contributed by atoms with Gasteiger partial charge < -0.3 is 24.1 Å². The Balaban J connectivity index is 3.36. The number of carboxylic acid groups (broad SMARTS) is 1. The topological polar surface area (TPSA) is 91.3 Å². The second-order valence-corrected chi connectivity index (χ2v) is 4.19. The molecule has 0 atom stereocenters. The van der Waals surface area contributed by atoms with Crippen LogP contribution in [0.3, 0.4) is 0 Å². The van der Waals surface area contributed by atoms with E-state index in [1.54, 1.807) is 12.1 Å². The van der Waals surface area contributed by atoms with Crippen molar-refractivity contribution in [3.63, 3.8) is 0 Å². The number of aliphatic carboxylic acids is 1. The van der Waals surface area contributed by atoms with Crippen molar-refractivity contribution in [3.8, 4) is 17.2 Å². The molecule has 0 radical (unpaired) electrons. The van der Waals surface area contributed by atoms with Gasteiger partial charge in [-0.15, -0.1) is 0 Å². The van der Waals surface area contributed by atoms with Crippen LogP contribution in [-0.2, 0) is 14.3 Å². The first-order valence-corrected chi connectivity index (χ1v) is 6.27. The van der Waals surface area contributed by atoms with Gasteiger partial charge in [-0.2, -0.15) is 0 Å². The normalized spacial score (nSPS) is 10.8. The number of carbonyl (C=O) groups excluding carboxylic acids is 1. The van der Waals surface area contributed by atoms with Gasteiger partial charge in [0.25, 0.3) is 0 Å². The van der Waals surface area contributed by atoms with E-state index >= 15 is 0 Å². The monoisotopic (exact) mass is 310 g/mol. The van der Waals surface area contributed by atoms with Crippen molar-refractivity contribution < 1.29 is 33.6 Å². The number of esters is 1. The molecule has 0 saturated carbocycles. The van der Waals surface area contributed by atoms with Gasteiger partial charge in [-0.3, -0.25) is 4.79 Å². The lowest BCUT2D eigenvalue weighted by atomic mass is 10.1. The predicted molar refractivity (Wildman–Crippen MR) is 78.3 cm³/mol. The molecule has 0 amide bonds. The van der Waals surface area contributed by atoms with Crippen LogP contribution in [0, 0.1) is 0 Å². The van der Waals surface area contributed by atoms with Gasteiger partial charge in [-0.05, 0) is 23.8 Å². The van der Waals surface area contributed by atoms with E-state index < -0.39 is 18.4 Å². The van der Waals surface area contributed by atoms with Gasteiger partial charge in [0.2, 0.25) is 5.75 Å². The van der Waals surface area contributed by atoms with Crippen molar-refractivity contribution in [1.82, 2.24) is 0 Å². The Kier molecular flexibility index (Phi) is 6.25. The molecule has 1 aromatic rings. The van der Waals surface area contributed by atoms with Crippen LogP contribution < -0.4 is 14.2 Å². The average molecular weight is 310 g/mol. The molecule has 0 aromatic heterocycles. The lowest BCUT2D eigenvalue weighted by Gasteiger charge is -2.13. The summed E-state index contributed by atoms with van der Waals surface area (Å²) in [5.41, 5.74) is 0.528. The molecule has 1 aromatic carbocycles. The van der Waals surface area contributed by atoms with Gasteiger partial charge in [0, 0.05) is 5.57 Å². The predicted octanol–water partition coefficient (Wildman–Crippen LogP) is 1.74. The van der Waals surface area contributed by atoms with Crippen LogP contribution in [0.15, 0.2) is 17.7 Å². The molecule has 0 aliphatic carbocycles. The van der Waals surface area contributed by atoms with Gasteiger partial charge in [0.05, 0.1) is 34.9 Å². The van der Waals surface area contributed by atoms with E-state index in [-0.39, 0.29) is 5.57 Å². The number of carboxylic acids is 1. The Hall–Kier alpha value is -2.70. The minimum Gasteiger partial charge on any atom is -0.493 e. The largest absolute Gasteiger partial charge is 0.493 e. The van der Waals surface area contributed by atoms with Crippen LogP contribution in [0.25, 0.3) is 6.08 Å². The van der Waals surface area contributed by atoms with Crippen molar-refractivity contribution >= 4 is 18.0 Å². The van der Waals surface area contributed by atoms with Crippen LogP contribution in [0.4, 0.5) is 0 Å². The highest BCUT2D eigenvalue weighted by molar-refractivity contribution is 5.98. The van der Waals surface area contributed by atoms with Crippen LogP contribution in [0.5, 0.6) is 17.2 Å². The third kappa shape index (κ3) is 4.15. The van der Waals surface area contributed by atoms with Crippen molar-refractivity contribution in [2.24, 2.45) is 0 Å². The third-order valence-electron chi connectivity index (χ3n) is 2.82. The molecule has 22 heavy (non-hydrogen) atoms. The highest BCUT2D eigenvalue weighted by Crippen LogP contribution is 2.38. The minimum absolute atomic E-state index is 0.00396. The maximum Gasteiger partial charge on any atom is 0.334 e. The molecule has 7 nitrogen and oxygen atoms in total. The second kappa shape index (κ2) is 7.92. The molecule has 1 rings (SSSR count). The maximum atomic E-state index is 11.6. The summed E-state index contributed by atoms with van der Waals surface area (Å²) in [5, 5.41) is 8.87. The fourth-order valence-electron chi connectivity index (χ4n) is 1.86. The molecule has 7 heteroatoms. The van der Waals surface area contributed by atoms with E-state index in [0.29, 0.717) is 22.8 Å². The molecule has 1 N–H and O–H groups in total. The van der Waals surface area contributed by atoms with Gasteiger partial charge in [0.15, 0.2) is 11.5 Å². The van der Waals surface area contributed by atoms with E-state index in [2.05, 4.69) is 4.74 Å². The number of ether oxygens (including phenoxy) is 4. The summed E-state index contributed by atoms with van der Waals surface area (Å²) in [4.78, 5) is 22.5. The minimum atomic E-state index is -1.14. The summed E-state index contributed by atoms with van der Waals surface area (Å²) < 4.78 is 20.2. The fraction of sp³-hybridized carbons (Fsp3) is 0.333. The molecule has 0 bridgehead atoms. The smallest absolute Gasteiger partial charge is 0.334 e. The third-order valence-corrected chi connectivity index (χ3v) is 2.82. The van der Waals surface area contributed by atoms with Gasteiger partial charge in [0.1, 0.15) is 0 Å². The van der Waals surface area contributed by atoms with Crippen molar-refractivity contribution in [2.75, 3.05) is 28.4 Å². The lowest BCUT2D eigenvalue weighted by Crippen LogP contribution is -2.09. The summed E-state index contributed by atoms with van der Waals surface area (Å²) in [6, 6.07) is 3.21. The van der Waals surface area contributed by atoms with E-state index in [1.165, 1.54) is 34.5 Å². The quantitative estimate of drug-likeness (QED) is 0.606. The van der Waals surface area contributed by atoms with Crippen molar-refractivity contribution in [2.45, 2.75) is 6.42 Å². The number of rotatable bonds is 7. The Labute approximate surface area is 128 Å². The summed E-state index contributed by atoms with van der Waals surface area (Å²) in [6.07, 6.45) is 0.952. The highest BCUT2D eigenvalue weighted by atomic mass is 16.5. The Morgan fingerprint density at radius 3 is 1.95 bits per heavy atom. The van der Waals surface area contributed by atoms with Crippen molar-refractivity contribution in [3.05, 3.63) is 23.3 Å². The summed E-state index contributed by atoms with van der Waals surface area (Å²) in [5.74, 6) is -0.652. The molecule has 0 unspecified atom stereocenters. The SMILES string of the molecule is COC(=O)C(=Cc1cc(OC)c(OC)c(OC)c1)CC(=O)O. The Morgan fingerprint density at radius 1 is 1.05 bits per heavy atom. The molecule has 0 saturated heterocycles. The van der Waals surface area contributed by atoms with Crippen LogP contribution in [-0.4, -0.2) is 45.5 Å². The fourth-order valence-corrected chi connectivity index (χ4v) is 1.86. The van der Waals surface area contributed by atoms with E-state index in [1.807, 2.05) is 0 Å². The standard InChI is InChI=1S/C15H18O7/c1-19-11-6-9(7-12(20-2)14(11)21-3)5-10(8-13(16)17)15(18)22-4/h5-7H,8H2,1-4H3,(H,16,17). The zero-order valence-corrected chi connectivity index (χ0v) is 12.8. The Morgan fingerprint density at radius 2 is 1.59 bits per heavy atom. The van der Waals surface area contributed by atoms with Crippen LogP contribution in [0.2, 0.25) is 0 Å². The molecular weight excluding hydrogens is 292 g/mol. The molecule has 120 valence electrons. The molecule has 0 spiro atoms. The molecule has 0 fully saturated rings. The highest BCUT2D eigenvalue weighted by Gasteiger charge is 2.16. The number of methoxy groups -OCH3 is 4. The van der Waals surface area contributed by atoms with E-state index in [4.69, 9.17) is 19.3 Å². The summed E-state index contributed by atoms with van der Waals surface area (Å²) in [7, 11) is 5.58. The lowest BCUT2D eigenvalue weighted by molar-refractivity contribution is -0.141. The molecule has 0 heterocycles. The second-order valence-electron chi connectivity index (χ2n) is 4.19. The molecule has 0 aliphatic heterocycles. The zero-order chi connectivity index (χ0) is 16.7. The van der Waals surface area contributed by atoms with Crippen LogP contribution in [0.1, 0.15) is 12.0 Å². The zero-order valence-electron chi connectivity index (χ0n) is 12.8. The van der Waals surface area contributed by atoms with Gasteiger partial charge in [-0.25, -0.2) is 4.79 Å². The maximum absolute atomic E-state index is 11.6. The summed E-state index contributed by atoms with van der Waals surface area (Å²) >= 11 is 0. The number of hydrogen-bond acceptors (Lipinski definition) is 6. The molecule has 0 aliphatic rings. The van der Waals surface area contributed by atoms with E-state index in [9.17, 15) is 9.59 Å². The van der Waals surface area contributed by atoms with Gasteiger partial charge >= 0.3 is 11.9 Å². The number of benzene rings is 1.